The van der Waals surface area contributed by atoms with E-state index in [2.05, 4.69) is 13.8 Å². The van der Waals surface area contributed by atoms with E-state index in [9.17, 15) is 13.6 Å². The van der Waals surface area contributed by atoms with Crippen LogP contribution in [0.5, 0.6) is 11.5 Å². The minimum Gasteiger partial charge on any atom is -0.619 e. The molecule has 0 spiro atoms. The number of hydrogen-bond acceptors (Lipinski definition) is 5. The molecule has 0 unspecified atom stereocenters. The van der Waals surface area contributed by atoms with E-state index in [0.717, 1.165) is 5.75 Å². The number of benzene rings is 1. The van der Waals surface area contributed by atoms with Crippen molar-refractivity contribution in [1.82, 2.24) is 4.31 Å². The molecule has 0 radical (unpaired) electrons. The van der Waals surface area contributed by atoms with Crippen molar-refractivity contribution in [3.8, 4) is 11.5 Å². The fourth-order valence-corrected chi connectivity index (χ4v) is 5.93. The summed E-state index contributed by atoms with van der Waals surface area (Å²) in [6.07, 6.45) is 2.68. The van der Waals surface area contributed by atoms with Gasteiger partial charge in [-0.25, -0.2) is 8.42 Å². The molecule has 6 nitrogen and oxygen atoms in total. The molecule has 1 aromatic heterocycles. The molecular formula is C18H22N2O4S2. The second-order valence-electron chi connectivity index (χ2n) is 6.71. The number of thioether (sulfide) groups is 1. The van der Waals surface area contributed by atoms with Crippen molar-refractivity contribution in [3.05, 3.63) is 54.0 Å². The number of pyridine rings is 1. The maximum absolute atomic E-state index is 13.0. The van der Waals surface area contributed by atoms with Gasteiger partial charge in [0.25, 0.3) is 0 Å². The second kappa shape index (κ2) is 7.09. The predicted octanol–water partition coefficient (Wildman–Crippen LogP) is 3.02. The van der Waals surface area contributed by atoms with E-state index in [1.165, 1.54) is 12.4 Å². The van der Waals surface area contributed by atoms with Crippen LogP contribution >= 0.6 is 11.8 Å². The van der Waals surface area contributed by atoms with Crippen LogP contribution < -0.4 is 9.47 Å². The van der Waals surface area contributed by atoms with Crippen molar-refractivity contribution < 1.29 is 17.9 Å². The third-order valence-corrected chi connectivity index (χ3v) is 8.12. The van der Waals surface area contributed by atoms with Crippen LogP contribution in [0.2, 0.25) is 0 Å². The van der Waals surface area contributed by atoms with Gasteiger partial charge in [-0.1, -0.05) is 0 Å². The fourth-order valence-electron chi connectivity index (χ4n) is 2.81. The third-order valence-electron chi connectivity index (χ3n) is 4.66. The molecule has 1 aromatic carbocycles. The molecule has 2 heterocycles. The fraction of sp³-hybridized carbons (Fsp3) is 0.389. The zero-order valence-corrected chi connectivity index (χ0v) is 16.6. The second-order valence-corrected chi connectivity index (χ2v) is 10.4. The molecule has 1 aliphatic rings. The first-order valence-corrected chi connectivity index (χ1v) is 10.8. The summed E-state index contributed by atoms with van der Waals surface area (Å²) in [5.74, 6) is 1.80. The quantitative estimate of drug-likeness (QED) is 0.589. The summed E-state index contributed by atoms with van der Waals surface area (Å²) in [4.78, 5) is 0.255. The number of aromatic nitrogens is 1. The lowest BCUT2D eigenvalue weighted by atomic mass is 10.1. The Bertz CT molecular complexity index is 865. The Morgan fingerprint density at radius 2 is 1.73 bits per heavy atom. The smallest absolute Gasteiger partial charge is 0.243 e. The number of nitrogens with zero attached hydrogens (tertiary/aromatic N) is 2. The van der Waals surface area contributed by atoms with Crippen LogP contribution in [-0.4, -0.2) is 35.8 Å². The SMILES string of the molecule is C[C@@H]1N(S(=O)(=O)c2ccc(Oc3cc[n+]([O-])cc3)cc2)CCSC1(C)C. The Morgan fingerprint density at radius 3 is 2.35 bits per heavy atom. The lowest BCUT2D eigenvalue weighted by Crippen LogP contribution is -2.53. The highest BCUT2D eigenvalue weighted by atomic mass is 32.2. The molecule has 1 atom stereocenters. The van der Waals surface area contributed by atoms with Gasteiger partial charge in [-0.15, -0.1) is 0 Å². The Labute approximate surface area is 158 Å². The normalized spacial score (nSPS) is 20.7. The lowest BCUT2D eigenvalue weighted by Gasteiger charge is -2.43. The van der Waals surface area contributed by atoms with Crippen molar-refractivity contribution in [2.45, 2.75) is 36.5 Å². The molecule has 26 heavy (non-hydrogen) atoms. The summed E-state index contributed by atoms with van der Waals surface area (Å²) in [6.45, 7) is 6.62. The van der Waals surface area contributed by atoms with E-state index >= 15 is 0 Å². The molecule has 1 aliphatic heterocycles. The molecule has 0 bridgehead atoms. The first kappa shape index (κ1) is 19.0. The summed E-state index contributed by atoms with van der Waals surface area (Å²) in [6, 6.07) is 9.37. The van der Waals surface area contributed by atoms with Crippen molar-refractivity contribution in [1.29, 1.82) is 0 Å². The van der Waals surface area contributed by atoms with E-state index < -0.39 is 10.0 Å². The predicted molar refractivity (Wildman–Crippen MR) is 102 cm³/mol. The monoisotopic (exact) mass is 394 g/mol. The van der Waals surface area contributed by atoms with Gasteiger partial charge in [0.1, 0.15) is 11.5 Å². The van der Waals surface area contributed by atoms with Crippen LogP contribution in [0.4, 0.5) is 0 Å². The van der Waals surface area contributed by atoms with Crippen LogP contribution in [0, 0.1) is 5.21 Å². The summed E-state index contributed by atoms with van der Waals surface area (Å²) in [5, 5.41) is 11.0. The van der Waals surface area contributed by atoms with E-state index in [4.69, 9.17) is 4.74 Å². The van der Waals surface area contributed by atoms with E-state index in [1.54, 1.807) is 52.5 Å². The maximum Gasteiger partial charge on any atom is 0.243 e. The molecule has 3 rings (SSSR count). The first-order valence-electron chi connectivity index (χ1n) is 8.33. The molecule has 2 aromatic rings. The van der Waals surface area contributed by atoms with Crippen LogP contribution in [0.25, 0.3) is 0 Å². The van der Waals surface area contributed by atoms with Crippen molar-refractivity contribution in [2.24, 2.45) is 0 Å². The zero-order chi connectivity index (χ0) is 18.9. The molecule has 0 saturated carbocycles. The topological polar surface area (TPSA) is 73.5 Å². The largest absolute Gasteiger partial charge is 0.619 e. The Kier molecular flexibility index (Phi) is 5.18. The van der Waals surface area contributed by atoms with Crippen molar-refractivity contribution >= 4 is 21.8 Å². The molecule has 8 heteroatoms. The zero-order valence-electron chi connectivity index (χ0n) is 15.0. The average molecular weight is 395 g/mol. The van der Waals surface area contributed by atoms with Gasteiger partial charge in [0.2, 0.25) is 10.0 Å². The van der Waals surface area contributed by atoms with Gasteiger partial charge in [-0.2, -0.15) is 20.8 Å². The van der Waals surface area contributed by atoms with E-state index in [-0.39, 0.29) is 15.7 Å². The number of rotatable bonds is 4. The van der Waals surface area contributed by atoms with Gasteiger partial charge in [0.05, 0.1) is 4.90 Å². The minimum atomic E-state index is -3.56. The van der Waals surface area contributed by atoms with Gasteiger partial charge in [0, 0.05) is 35.2 Å². The summed E-state index contributed by atoms with van der Waals surface area (Å²) >= 11 is 1.80. The molecule has 0 N–H and O–H groups in total. The molecular weight excluding hydrogens is 372 g/mol. The highest BCUT2D eigenvalue weighted by molar-refractivity contribution is 8.00. The molecule has 0 aliphatic carbocycles. The molecule has 1 saturated heterocycles. The average Bonchev–Trinajstić information content (AvgIpc) is 2.60. The van der Waals surface area contributed by atoms with Crippen LogP contribution in [-0.2, 0) is 10.0 Å². The standard InChI is InChI=1S/C18H22N2O4S2/c1-14-18(2,3)25-13-12-20(14)26(22,23)17-6-4-15(5-7-17)24-16-8-10-19(21)11-9-16/h4-11,14H,12-13H2,1-3H3/t14-/m0/s1. The van der Waals surface area contributed by atoms with Crippen LogP contribution in [0.1, 0.15) is 20.8 Å². The van der Waals surface area contributed by atoms with E-state index in [1.807, 2.05) is 6.92 Å². The summed E-state index contributed by atoms with van der Waals surface area (Å²) in [5.41, 5.74) is 0. The number of sulfonamides is 1. The molecule has 0 amide bonds. The lowest BCUT2D eigenvalue weighted by molar-refractivity contribution is -0.605. The maximum atomic E-state index is 13.0. The highest BCUT2D eigenvalue weighted by Crippen LogP contribution is 2.38. The summed E-state index contributed by atoms with van der Waals surface area (Å²) < 4.78 is 33.8. The third kappa shape index (κ3) is 3.82. The Balaban J connectivity index is 1.79. The van der Waals surface area contributed by atoms with Crippen molar-refractivity contribution in [2.75, 3.05) is 12.3 Å². The van der Waals surface area contributed by atoms with Crippen molar-refractivity contribution in [3.63, 3.8) is 0 Å². The first-order chi connectivity index (χ1) is 12.2. The minimum absolute atomic E-state index is 0.0923. The van der Waals surface area contributed by atoms with Crippen LogP contribution in [0.3, 0.4) is 0 Å². The number of hydrogen-bond donors (Lipinski definition) is 0. The Hall–Kier alpha value is -1.77. The van der Waals surface area contributed by atoms with Gasteiger partial charge < -0.3 is 9.94 Å². The summed E-state index contributed by atoms with van der Waals surface area (Å²) in [7, 11) is -3.56. The van der Waals surface area contributed by atoms with Gasteiger partial charge in [-0.05, 0) is 45.0 Å². The van der Waals surface area contributed by atoms with Crippen LogP contribution in [0.15, 0.2) is 53.7 Å². The Morgan fingerprint density at radius 1 is 1.15 bits per heavy atom. The van der Waals surface area contributed by atoms with Gasteiger partial charge in [-0.3, -0.25) is 0 Å². The number of ether oxygens (including phenoxy) is 1. The highest BCUT2D eigenvalue weighted by Gasteiger charge is 2.41. The van der Waals surface area contributed by atoms with E-state index in [0.29, 0.717) is 22.8 Å². The van der Waals surface area contributed by atoms with Gasteiger partial charge >= 0.3 is 0 Å². The molecule has 1 fully saturated rings. The van der Waals surface area contributed by atoms with Gasteiger partial charge in [0.15, 0.2) is 12.4 Å². The molecule has 140 valence electrons.